The number of thioether (sulfide) groups is 1. The Labute approximate surface area is 124 Å². The topological polar surface area (TPSA) is 0 Å². The number of rotatable bonds is 4. The van der Waals surface area contributed by atoms with Crippen LogP contribution in [-0.4, -0.2) is 0 Å². The molecular weight excluding hydrogens is 335 g/mol. The molecule has 0 saturated heterocycles. The average molecular weight is 346 g/mol. The van der Waals surface area contributed by atoms with Crippen molar-refractivity contribution in [1.82, 2.24) is 0 Å². The minimum Gasteiger partial charge on any atom is -0.207 e. The van der Waals surface area contributed by atoms with Crippen LogP contribution in [0.15, 0.2) is 51.8 Å². The maximum Gasteiger partial charge on any atom is 0.124 e. The SMILES string of the molecule is Fc1ccc(CSc2ccc(CCl)cc2)c(Br)c1. The summed E-state index contributed by atoms with van der Waals surface area (Å²) in [5.41, 5.74) is 2.20. The smallest absolute Gasteiger partial charge is 0.124 e. The van der Waals surface area contributed by atoms with Crippen LogP contribution in [0, 0.1) is 5.82 Å². The predicted molar refractivity (Wildman–Crippen MR) is 79.7 cm³/mol. The minimum absolute atomic E-state index is 0.220. The van der Waals surface area contributed by atoms with Crippen LogP contribution in [0.3, 0.4) is 0 Å². The fourth-order valence-electron chi connectivity index (χ4n) is 1.47. The van der Waals surface area contributed by atoms with Gasteiger partial charge in [-0.15, -0.1) is 23.4 Å². The van der Waals surface area contributed by atoms with Crippen LogP contribution in [0.1, 0.15) is 11.1 Å². The molecule has 0 nitrogen and oxygen atoms in total. The lowest BCUT2D eigenvalue weighted by molar-refractivity contribution is 0.626. The predicted octanol–water partition coefficient (Wildman–Crippen LogP) is 5.62. The maximum atomic E-state index is 12.9. The molecule has 0 radical (unpaired) electrons. The van der Waals surface area contributed by atoms with E-state index in [4.69, 9.17) is 11.6 Å². The molecule has 4 heteroatoms. The van der Waals surface area contributed by atoms with E-state index in [1.165, 1.54) is 17.0 Å². The lowest BCUT2D eigenvalue weighted by Crippen LogP contribution is -1.85. The molecule has 0 aliphatic carbocycles. The molecule has 18 heavy (non-hydrogen) atoms. The Morgan fingerprint density at radius 3 is 2.44 bits per heavy atom. The molecule has 0 unspecified atom stereocenters. The highest BCUT2D eigenvalue weighted by molar-refractivity contribution is 9.10. The van der Waals surface area contributed by atoms with Gasteiger partial charge in [0.2, 0.25) is 0 Å². The van der Waals surface area contributed by atoms with Crippen LogP contribution < -0.4 is 0 Å². The third-order valence-corrected chi connectivity index (χ3v) is 4.59. The maximum absolute atomic E-state index is 12.9. The molecular formula is C14H11BrClFS. The van der Waals surface area contributed by atoms with Gasteiger partial charge in [0.1, 0.15) is 5.82 Å². The second-order valence-electron chi connectivity index (χ2n) is 3.80. The fraction of sp³-hybridized carbons (Fsp3) is 0.143. The third kappa shape index (κ3) is 3.74. The zero-order valence-electron chi connectivity index (χ0n) is 9.50. The minimum atomic E-state index is -0.220. The quantitative estimate of drug-likeness (QED) is 0.512. The fourth-order valence-corrected chi connectivity index (χ4v) is 3.23. The van der Waals surface area contributed by atoms with Crippen molar-refractivity contribution in [2.24, 2.45) is 0 Å². The van der Waals surface area contributed by atoms with Crippen LogP contribution in [0.4, 0.5) is 4.39 Å². The molecule has 0 aromatic heterocycles. The Morgan fingerprint density at radius 2 is 1.83 bits per heavy atom. The van der Waals surface area contributed by atoms with E-state index in [1.807, 2.05) is 12.1 Å². The van der Waals surface area contributed by atoms with Gasteiger partial charge in [-0.05, 0) is 35.4 Å². The first-order valence-corrected chi connectivity index (χ1v) is 7.72. The molecule has 0 bridgehead atoms. The molecule has 0 aliphatic heterocycles. The van der Waals surface area contributed by atoms with E-state index < -0.39 is 0 Å². The zero-order chi connectivity index (χ0) is 13.0. The Kier molecular flexibility index (Phi) is 5.10. The van der Waals surface area contributed by atoms with E-state index in [0.29, 0.717) is 5.88 Å². The Morgan fingerprint density at radius 1 is 1.11 bits per heavy atom. The standard InChI is InChI=1S/C14H11BrClFS/c15-14-7-12(17)4-3-11(14)9-18-13-5-1-10(8-16)2-6-13/h1-7H,8-9H2. The molecule has 0 saturated carbocycles. The van der Waals surface area contributed by atoms with Crippen molar-refractivity contribution in [1.29, 1.82) is 0 Å². The molecule has 0 spiro atoms. The lowest BCUT2D eigenvalue weighted by Gasteiger charge is -2.05. The normalized spacial score (nSPS) is 10.6. The summed E-state index contributed by atoms with van der Waals surface area (Å²) in [4.78, 5) is 1.18. The monoisotopic (exact) mass is 344 g/mol. The molecule has 0 amide bonds. The number of halogens is 3. The van der Waals surface area contributed by atoms with Gasteiger partial charge in [-0.25, -0.2) is 4.39 Å². The summed E-state index contributed by atoms with van der Waals surface area (Å²) in [6.07, 6.45) is 0. The summed E-state index contributed by atoms with van der Waals surface area (Å²) in [6, 6.07) is 12.9. The third-order valence-electron chi connectivity index (χ3n) is 2.49. The lowest BCUT2D eigenvalue weighted by atomic mass is 10.2. The summed E-state index contributed by atoms with van der Waals surface area (Å²) in [6.45, 7) is 0. The highest BCUT2D eigenvalue weighted by atomic mass is 79.9. The molecule has 0 heterocycles. The van der Waals surface area contributed by atoms with E-state index in [1.54, 1.807) is 17.8 Å². The second kappa shape index (κ2) is 6.60. The van der Waals surface area contributed by atoms with Gasteiger partial charge < -0.3 is 0 Å². The number of hydrogen-bond donors (Lipinski definition) is 0. The van der Waals surface area contributed by atoms with E-state index in [2.05, 4.69) is 28.1 Å². The summed E-state index contributed by atoms with van der Waals surface area (Å²) in [5.74, 6) is 1.12. The van der Waals surface area contributed by atoms with Crippen LogP contribution in [0.2, 0.25) is 0 Å². The van der Waals surface area contributed by atoms with E-state index in [-0.39, 0.29) is 5.82 Å². The van der Waals surface area contributed by atoms with Crippen LogP contribution in [0.5, 0.6) is 0 Å². The van der Waals surface area contributed by atoms with Crippen molar-refractivity contribution in [2.75, 3.05) is 0 Å². The molecule has 0 atom stereocenters. The number of alkyl halides is 1. The van der Waals surface area contributed by atoms with Crippen molar-refractivity contribution in [2.45, 2.75) is 16.5 Å². The van der Waals surface area contributed by atoms with Crippen molar-refractivity contribution >= 4 is 39.3 Å². The van der Waals surface area contributed by atoms with E-state index >= 15 is 0 Å². The number of benzene rings is 2. The van der Waals surface area contributed by atoms with Gasteiger partial charge in [0.25, 0.3) is 0 Å². The van der Waals surface area contributed by atoms with E-state index in [0.717, 1.165) is 21.4 Å². The van der Waals surface area contributed by atoms with Gasteiger partial charge in [-0.2, -0.15) is 0 Å². The van der Waals surface area contributed by atoms with Crippen LogP contribution in [-0.2, 0) is 11.6 Å². The van der Waals surface area contributed by atoms with Gasteiger partial charge in [0.15, 0.2) is 0 Å². The Bertz CT molecular complexity index is 528. The van der Waals surface area contributed by atoms with Gasteiger partial charge in [-0.1, -0.05) is 34.1 Å². The summed E-state index contributed by atoms with van der Waals surface area (Å²) < 4.78 is 13.8. The molecule has 2 rings (SSSR count). The highest BCUT2D eigenvalue weighted by Crippen LogP contribution is 2.27. The first kappa shape index (κ1) is 13.9. The van der Waals surface area contributed by atoms with Gasteiger partial charge >= 0.3 is 0 Å². The molecule has 94 valence electrons. The van der Waals surface area contributed by atoms with Crippen LogP contribution >= 0.6 is 39.3 Å². The first-order chi connectivity index (χ1) is 8.69. The van der Waals surface area contributed by atoms with Gasteiger partial charge in [-0.3, -0.25) is 0 Å². The van der Waals surface area contributed by atoms with E-state index in [9.17, 15) is 4.39 Å². The molecule has 0 N–H and O–H groups in total. The Balaban J connectivity index is 2.02. The van der Waals surface area contributed by atoms with Crippen LogP contribution in [0.25, 0.3) is 0 Å². The van der Waals surface area contributed by atoms with Crippen molar-refractivity contribution < 1.29 is 4.39 Å². The van der Waals surface area contributed by atoms with Crippen molar-refractivity contribution in [3.05, 3.63) is 63.9 Å². The summed E-state index contributed by atoms with van der Waals surface area (Å²) >= 11 is 10.8. The van der Waals surface area contributed by atoms with Gasteiger partial charge in [0.05, 0.1) is 0 Å². The highest BCUT2D eigenvalue weighted by Gasteiger charge is 2.02. The molecule has 0 aliphatic rings. The molecule has 0 fully saturated rings. The summed E-state index contributed by atoms with van der Waals surface area (Å²) in [5, 5.41) is 0. The van der Waals surface area contributed by atoms with Crippen molar-refractivity contribution in [3.63, 3.8) is 0 Å². The van der Waals surface area contributed by atoms with Crippen molar-refractivity contribution in [3.8, 4) is 0 Å². The molecule has 2 aromatic rings. The Hall–Kier alpha value is -0.510. The zero-order valence-corrected chi connectivity index (χ0v) is 12.7. The summed E-state index contributed by atoms with van der Waals surface area (Å²) in [7, 11) is 0. The average Bonchev–Trinajstić information content (AvgIpc) is 2.38. The van der Waals surface area contributed by atoms with Gasteiger partial charge in [0, 0.05) is 21.0 Å². The second-order valence-corrected chi connectivity index (χ2v) is 5.97. The first-order valence-electron chi connectivity index (χ1n) is 5.40. The molecule has 2 aromatic carbocycles. The number of hydrogen-bond acceptors (Lipinski definition) is 1. The largest absolute Gasteiger partial charge is 0.207 e.